The van der Waals surface area contributed by atoms with Gasteiger partial charge in [-0.15, -0.1) is 0 Å². The molecule has 14 heterocycles. The number of fused-ring (bicyclic) bond motifs is 4. The van der Waals surface area contributed by atoms with E-state index >= 15 is 0 Å². The number of pyridine rings is 3. The second-order valence-electron chi connectivity index (χ2n) is 41.6. The first kappa shape index (κ1) is 111. The minimum absolute atomic E-state index is 0.0232. The summed E-state index contributed by atoms with van der Waals surface area (Å²) in [6.07, 6.45) is 27.0. The van der Waals surface area contributed by atoms with Crippen LogP contribution in [0.2, 0.25) is 10.3 Å². The molecule has 0 aromatic carbocycles. The highest BCUT2D eigenvalue weighted by Crippen LogP contribution is 2.39. The summed E-state index contributed by atoms with van der Waals surface area (Å²) in [5, 5.41) is 36.8. The van der Waals surface area contributed by atoms with E-state index in [2.05, 4.69) is 51.3 Å². The van der Waals surface area contributed by atoms with E-state index in [1.165, 1.54) is 59.0 Å². The maximum absolute atomic E-state index is 13.5. The van der Waals surface area contributed by atoms with Gasteiger partial charge in [-0.2, -0.15) is 38.5 Å². The molecule has 11 aromatic heterocycles. The molecule has 42 nitrogen and oxygen atoms in total. The number of aliphatic hydroxyl groups excluding tert-OH is 1. The third-order valence-corrected chi connectivity index (χ3v) is 27.8. The Labute approximate surface area is 867 Å². The van der Waals surface area contributed by atoms with Crippen LogP contribution < -0.4 is 53.1 Å². The molecule has 148 heavy (non-hydrogen) atoms. The summed E-state index contributed by atoms with van der Waals surface area (Å²) in [5.41, 5.74) is 7.21. The standard InChI is InChI=1S/C30H40N6O6.C25H32N6O4.C20H27ClN4O4.C19H25ClN4O4.C10H14N2O2/c1-30(2,3)42-29(39)34(4)26-17-25(32-23-7-6-12-35(28(23)38)20-10-13-41-14-11-20)33-27-22(18-31-36(26)27)24(37)16-19-8-9-21(15-19)40-5;1-26-23-14-22(28-20-4-3-9-30(25(20)33)17-7-10-35-11-8-17)29-24-19(15-27-31(23)24)21(32)13-16-5-6-18(12-16)34-2;1-20(2,3)29-19(27)24(4)17-10-16(21)23-18-14(11-22-25(17)18)15(26)9-12-6-7-13(8-12)28-5;1-19(2,3)28-18(27)23(4)16-9-15(20)22-17-13(10-21-24(16)17)14(26)8-11-5-6-12(25)7-11;11-9-2-1-5-12(10(9)13)8-3-6-14-7-4-8/h6-7,12,17-21H,8-11,13-16H2,1-5H3,(H,32,33);3-4,9,14-18,26H,5-8,10-13H2,1-2H3,(H,28,29);10-13H,6-9H2,1-5H3;9-12,25H,5-8H2,1-4H3;1-2,5,8H,3-4,6-7,11H2/t19-,21-;16-,18-;12?,13-;11?,12-;/m1111./s1. The number of carbonyl (C=O) groups excluding carboxylic acids is 7. The molecule has 8 atom stereocenters. The summed E-state index contributed by atoms with van der Waals surface area (Å²) < 4.78 is 60.0. The highest BCUT2D eigenvalue weighted by Gasteiger charge is 2.37. The molecule has 798 valence electrons. The van der Waals surface area contributed by atoms with Crippen LogP contribution in [0.4, 0.5) is 66.4 Å². The molecular formula is C104H138Cl2N22O20. The number of amides is 3. The van der Waals surface area contributed by atoms with Gasteiger partial charge in [-0.1, -0.05) is 23.2 Å². The molecule has 2 unspecified atom stereocenters. The monoisotopic (exact) mass is 2080 g/mol. The predicted molar refractivity (Wildman–Crippen MR) is 559 cm³/mol. The number of rotatable bonds is 26. The van der Waals surface area contributed by atoms with E-state index < -0.39 is 35.1 Å². The van der Waals surface area contributed by atoms with Gasteiger partial charge in [-0.05, 0) is 238 Å². The van der Waals surface area contributed by atoms with Crippen molar-refractivity contribution in [2.45, 2.75) is 263 Å². The third-order valence-electron chi connectivity index (χ3n) is 27.4. The van der Waals surface area contributed by atoms with Gasteiger partial charge in [0.25, 0.3) is 16.7 Å². The SMILES string of the molecule is CN(C(=O)OC(C)(C)C)c1cc(Cl)nc2c(C(=O)CC3CC[C@@H](O)C3)cnn12.CNc1cc(Nc2cccn(C3CCOCC3)c2=O)nc2c(C(=O)C[C@@H]3CC[C@@H](OC)C3)cnn12.CO[C@@H]1CCC(CC(=O)c2cnn3c(N(C)C(=O)OC(C)(C)C)cc(Cl)nc23)C1.CO[C@@H]1CC[C@@H](CC(=O)c2cnn3c(N(C)C(=O)OC(C)(C)C)cc(Nc4cccn(C5CCOCC5)c4=O)nc23)C1.Nc1cccn(C2CCOCC2)c1=O. The maximum atomic E-state index is 13.5. The summed E-state index contributed by atoms with van der Waals surface area (Å²) in [6, 6.07) is 17.4. The lowest BCUT2D eigenvalue weighted by molar-refractivity contribution is 0.0577. The molecule has 0 radical (unpaired) electrons. The molecule has 3 aliphatic heterocycles. The van der Waals surface area contributed by atoms with Crippen LogP contribution in [0.1, 0.15) is 263 Å². The molecule has 3 amide bonds. The quantitative estimate of drug-likeness (QED) is 0.0191. The molecule has 0 spiro atoms. The lowest BCUT2D eigenvalue weighted by atomic mass is 9.98. The van der Waals surface area contributed by atoms with Crippen LogP contribution in [0, 0.1) is 23.7 Å². The Bertz CT molecular complexity index is 6730. The summed E-state index contributed by atoms with van der Waals surface area (Å²) in [4.78, 5) is 150. The number of methoxy groups -OCH3 is 3. The third kappa shape index (κ3) is 28.1. The van der Waals surface area contributed by atoms with Crippen molar-refractivity contribution < 1.29 is 81.3 Å². The summed E-state index contributed by atoms with van der Waals surface area (Å²) in [7, 11) is 11.6. The molecule has 11 aromatic rings. The molecule has 7 aliphatic rings. The van der Waals surface area contributed by atoms with Crippen molar-refractivity contribution >= 4 is 139 Å². The van der Waals surface area contributed by atoms with Crippen molar-refractivity contribution in [2.75, 3.05) is 126 Å². The van der Waals surface area contributed by atoms with E-state index in [-0.39, 0.29) is 116 Å². The second kappa shape index (κ2) is 49.2. The van der Waals surface area contributed by atoms with Crippen molar-refractivity contribution in [1.29, 1.82) is 0 Å². The topological polar surface area (TPSA) is 481 Å². The molecule has 0 bridgehead atoms. The smallest absolute Gasteiger partial charge is 0.415 e. The number of hydrogen-bond donors (Lipinski definition) is 5. The van der Waals surface area contributed by atoms with Gasteiger partial charge in [0.15, 0.2) is 45.7 Å². The van der Waals surface area contributed by atoms with Crippen molar-refractivity contribution in [3.8, 4) is 0 Å². The van der Waals surface area contributed by atoms with Crippen LogP contribution in [-0.4, -0.2) is 249 Å². The average molecular weight is 2090 g/mol. The number of nitrogens with one attached hydrogen (secondary N) is 3. The number of aliphatic hydroxyl groups is 1. The molecule has 18 rings (SSSR count). The zero-order valence-electron chi connectivity index (χ0n) is 87.1. The Kier molecular flexibility index (Phi) is 36.9. The highest BCUT2D eigenvalue weighted by atomic mass is 35.5. The number of Topliss-reactive ketones (excluding diaryl/α,β-unsaturated/α-hetero) is 4. The van der Waals surface area contributed by atoms with Crippen LogP contribution in [0.15, 0.2) is 118 Å². The van der Waals surface area contributed by atoms with Crippen LogP contribution in [-0.2, 0) is 42.6 Å². The average Bonchev–Trinajstić information content (AvgIpc) is 1.64. The number of anilines is 9. The van der Waals surface area contributed by atoms with Gasteiger partial charge in [0.2, 0.25) is 0 Å². The van der Waals surface area contributed by atoms with Crippen molar-refractivity contribution in [3.63, 3.8) is 0 Å². The van der Waals surface area contributed by atoms with E-state index in [1.54, 1.807) is 179 Å². The number of carbonyl (C=O) groups is 7. The molecule has 3 saturated heterocycles. The minimum Gasteiger partial charge on any atom is -0.443 e. The van der Waals surface area contributed by atoms with Gasteiger partial charge in [-0.25, -0.2) is 34.3 Å². The lowest BCUT2D eigenvalue weighted by Gasteiger charge is -2.25. The minimum atomic E-state index is -0.718. The fourth-order valence-corrected chi connectivity index (χ4v) is 20.0. The van der Waals surface area contributed by atoms with Gasteiger partial charge in [0.05, 0.1) is 77.1 Å². The van der Waals surface area contributed by atoms with E-state index in [9.17, 15) is 53.1 Å². The molecule has 7 fully saturated rings. The van der Waals surface area contributed by atoms with Gasteiger partial charge in [0.1, 0.15) is 73.4 Å². The Morgan fingerprint density at radius 3 is 1.05 bits per heavy atom. The predicted octanol–water partition coefficient (Wildman–Crippen LogP) is 16.6. The number of ketones is 4. The van der Waals surface area contributed by atoms with E-state index in [1.807, 2.05) is 24.4 Å². The molecule has 4 saturated carbocycles. The fourth-order valence-electron chi connectivity index (χ4n) is 19.6. The van der Waals surface area contributed by atoms with Crippen molar-refractivity contribution in [3.05, 3.63) is 168 Å². The van der Waals surface area contributed by atoms with Crippen molar-refractivity contribution in [1.82, 2.24) is 72.1 Å². The highest BCUT2D eigenvalue weighted by molar-refractivity contribution is 6.30. The van der Waals surface area contributed by atoms with Crippen LogP contribution >= 0.6 is 23.2 Å². The first-order valence-corrected chi connectivity index (χ1v) is 51.3. The number of hydrogen-bond acceptors (Lipinski definition) is 32. The van der Waals surface area contributed by atoms with E-state index in [0.717, 1.165) is 122 Å². The van der Waals surface area contributed by atoms with Gasteiger partial charge in [0, 0.05) is 176 Å². The summed E-state index contributed by atoms with van der Waals surface area (Å²) in [6.45, 7) is 20.0. The zero-order chi connectivity index (χ0) is 106. The largest absolute Gasteiger partial charge is 0.443 e. The van der Waals surface area contributed by atoms with Crippen LogP contribution in [0.5, 0.6) is 0 Å². The number of halogens is 2. The van der Waals surface area contributed by atoms with Crippen LogP contribution in [0.25, 0.3) is 22.6 Å². The molecule has 6 N–H and O–H groups in total. The lowest BCUT2D eigenvalue weighted by Crippen LogP contribution is -2.35. The molecule has 4 aliphatic carbocycles. The van der Waals surface area contributed by atoms with Gasteiger partial charge < -0.3 is 83.1 Å². The summed E-state index contributed by atoms with van der Waals surface area (Å²) in [5.74, 6) is 3.24. The Morgan fingerprint density at radius 2 is 0.723 bits per heavy atom. The number of nitrogen functional groups attached to an aromatic ring is 1. The zero-order valence-corrected chi connectivity index (χ0v) is 88.6. The Balaban J connectivity index is 0.000000150. The Morgan fingerprint density at radius 1 is 0.419 bits per heavy atom. The van der Waals surface area contributed by atoms with E-state index in [0.29, 0.717) is 156 Å². The number of aromatic nitrogens is 15. The van der Waals surface area contributed by atoms with Crippen LogP contribution in [0.3, 0.4) is 0 Å². The van der Waals surface area contributed by atoms with Gasteiger partial charge >= 0.3 is 18.3 Å². The Hall–Kier alpha value is -12.7. The summed E-state index contributed by atoms with van der Waals surface area (Å²) >= 11 is 12.3. The maximum Gasteiger partial charge on any atom is 0.415 e. The first-order valence-electron chi connectivity index (χ1n) is 50.5. The van der Waals surface area contributed by atoms with E-state index in [4.69, 9.17) is 76.6 Å². The van der Waals surface area contributed by atoms with Crippen molar-refractivity contribution in [2.24, 2.45) is 23.7 Å². The number of nitrogens with zero attached hydrogens (tertiary/aromatic N) is 18. The molecular weight excluding hydrogens is 1950 g/mol. The molecule has 44 heteroatoms. The first-order chi connectivity index (χ1) is 70.5. The van der Waals surface area contributed by atoms with Gasteiger partial charge in [-0.3, -0.25) is 48.3 Å². The normalized spacial score (nSPS) is 19.8. The number of ether oxygens (including phenoxy) is 9. The fraction of sp³-hybridized carbons (Fsp3) is 0.558. The second-order valence-corrected chi connectivity index (χ2v) is 42.4. The number of nitrogens with two attached hydrogens (primary N) is 1.